The predicted molar refractivity (Wildman–Crippen MR) is 74.9 cm³/mol. The van der Waals surface area contributed by atoms with Crippen LogP contribution in [0.2, 0.25) is 5.02 Å². The topological polar surface area (TPSA) is 53.4 Å². The highest BCUT2D eigenvalue weighted by Gasteiger charge is 2.33. The van der Waals surface area contributed by atoms with Crippen LogP contribution >= 0.6 is 11.6 Å². The maximum absolute atomic E-state index is 11.7. The van der Waals surface area contributed by atoms with E-state index in [1.165, 1.54) is 4.68 Å². The van der Waals surface area contributed by atoms with E-state index in [1.807, 2.05) is 0 Å². The van der Waals surface area contributed by atoms with Crippen LogP contribution in [-0.4, -0.2) is 60.0 Å². The van der Waals surface area contributed by atoms with E-state index in [0.29, 0.717) is 6.04 Å². The van der Waals surface area contributed by atoms with Gasteiger partial charge in [0.25, 0.3) is 5.56 Å². The van der Waals surface area contributed by atoms with Gasteiger partial charge in [0.15, 0.2) is 0 Å². The Morgan fingerprint density at radius 3 is 2.74 bits per heavy atom. The van der Waals surface area contributed by atoms with Crippen LogP contribution in [0.25, 0.3) is 0 Å². The molecule has 0 saturated carbocycles. The number of nitrogens with zero attached hydrogens (tertiary/aromatic N) is 4. The Balaban J connectivity index is 1.67. The SMILES string of the molecule is Cn1ncc(N2CC(N3CCNCC3)C2)c(Cl)c1=O. The molecule has 2 aliphatic heterocycles. The molecule has 6 nitrogen and oxygen atoms in total. The molecule has 0 atom stereocenters. The Kier molecular flexibility index (Phi) is 3.47. The number of halogens is 1. The Hall–Kier alpha value is -1.11. The molecule has 3 heterocycles. The van der Waals surface area contributed by atoms with Gasteiger partial charge in [-0.05, 0) is 0 Å². The minimum Gasteiger partial charge on any atom is -0.366 e. The average molecular weight is 284 g/mol. The van der Waals surface area contributed by atoms with Crippen LogP contribution in [0.5, 0.6) is 0 Å². The summed E-state index contributed by atoms with van der Waals surface area (Å²) >= 11 is 6.10. The lowest BCUT2D eigenvalue weighted by atomic mass is 10.1. The van der Waals surface area contributed by atoms with Crippen LogP contribution in [-0.2, 0) is 7.05 Å². The minimum absolute atomic E-state index is 0.232. The van der Waals surface area contributed by atoms with Crippen molar-refractivity contribution in [2.24, 2.45) is 7.05 Å². The normalized spacial score (nSPS) is 21.5. The number of aromatic nitrogens is 2. The lowest BCUT2D eigenvalue weighted by Gasteiger charge is -2.47. The van der Waals surface area contributed by atoms with Gasteiger partial charge in [0.1, 0.15) is 5.02 Å². The second kappa shape index (κ2) is 5.11. The molecular formula is C12H18ClN5O. The van der Waals surface area contributed by atoms with Crippen LogP contribution in [0.1, 0.15) is 0 Å². The van der Waals surface area contributed by atoms with E-state index in [1.54, 1.807) is 13.2 Å². The fraction of sp³-hybridized carbons (Fsp3) is 0.667. The molecule has 1 N–H and O–H groups in total. The van der Waals surface area contributed by atoms with E-state index >= 15 is 0 Å². The Morgan fingerprint density at radius 1 is 1.37 bits per heavy atom. The molecule has 2 aliphatic rings. The molecule has 2 fully saturated rings. The highest BCUT2D eigenvalue weighted by Crippen LogP contribution is 2.27. The van der Waals surface area contributed by atoms with Crippen molar-refractivity contribution in [2.45, 2.75) is 6.04 Å². The largest absolute Gasteiger partial charge is 0.366 e. The zero-order chi connectivity index (χ0) is 13.4. The van der Waals surface area contributed by atoms with Gasteiger partial charge in [-0.2, -0.15) is 5.10 Å². The molecule has 0 aliphatic carbocycles. The molecule has 7 heteroatoms. The monoisotopic (exact) mass is 283 g/mol. The maximum Gasteiger partial charge on any atom is 0.287 e. The molecule has 2 saturated heterocycles. The van der Waals surface area contributed by atoms with Crippen LogP contribution < -0.4 is 15.8 Å². The number of hydrogen-bond donors (Lipinski definition) is 1. The van der Waals surface area contributed by atoms with Gasteiger partial charge in [0, 0.05) is 52.4 Å². The van der Waals surface area contributed by atoms with E-state index in [0.717, 1.165) is 45.0 Å². The van der Waals surface area contributed by atoms with E-state index in [2.05, 4.69) is 20.2 Å². The van der Waals surface area contributed by atoms with Gasteiger partial charge in [0.05, 0.1) is 11.9 Å². The first kappa shape index (κ1) is 12.9. The summed E-state index contributed by atoms with van der Waals surface area (Å²) in [5.41, 5.74) is 0.529. The van der Waals surface area contributed by atoms with Crippen molar-refractivity contribution >= 4 is 17.3 Å². The van der Waals surface area contributed by atoms with E-state index in [9.17, 15) is 4.79 Å². The predicted octanol–water partition coefficient (Wildman–Crippen LogP) is -0.472. The zero-order valence-electron chi connectivity index (χ0n) is 11.0. The molecule has 0 bridgehead atoms. The van der Waals surface area contributed by atoms with Crippen LogP contribution in [0.3, 0.4) is 0 Å². The average Bonchev–Trinajstić information content (AvgIpc) is 2.38. The van der Waals surface area contributed by atoms with Crippen LogP contribution in [0, 0.1) is 0 Å². The Labute approximate surface area is 116 Å². The first-order valence-electron chi connectivity index (χ1n) is 6.58. The first-order chi connectivity index (χ1) is 9.16. The molecule has 19 heavy (non-hydrogen) atoms. The number of aryl methyl sites for hydroxylation is 1. The number of piperazine rings is 1. The highest BCUT2D eigenvalue weighted by atomic mass is 35.5. The highest BCUT2D eigenvalue weighted by molar-refractivity contribution is 6.33. The van der Waals surface area contributed by atoms with Crippen molar-refractivity contribution < 1.29 is 0 Å². The Bertz CT molecular complexity index is 519. The minimum atomic E-state index is -0.232. The van der Waals surface area contributed by atoms with Gasteiger partial charge in [0.2, 0.25) is 0 Å². The summed E-state index contributed by atoms with van der Waals surface area (Å²) in [5.74, 6) is 0. The zero-order valence-corrected chi connectivity index (χ0v) is 11.7. The summed E-state index contributed by atoms with van der Waals surface area (Å²) in [7, 11) is 1.61. The summed E-state index contributed by atoms with van der Waals surface area (Å²) in [6, 6.07) is 0.572. The number of rotatable bonds is 2. The number of nitrogens with one attached hydrogen (secondary N) is 1. The van der Waals surface area contributed by atoms with E-state index in [-0.39, 0.29) is 10.6 Å². The summed E-state index contributed by atoms with van der Waals surface area (Å²) < 4.78 is 1.26. The third kappa shape index (κ3) is 2.35. The number of anilines is 1. The second-order valence-corrected chi connectivity index (χ2v) is 5.50. The molecule has 3 rings (SSSR count). The molecular weight excluding hydrogens is 266 g/mol. The van der Waals surface area contributed by atoms with Gasteiger partial charge < -0.3 is 10.2 Å². The smallest absolute Gasteiger partial charge is 0.287 e. The molecule has 0 radical (unpaired) electrons. The van der Waals surface area contributed by atoms with E-state index < -0.39 is 0 Å². The molecule has 1 aromatic heterocycles. The quantitative estimate of drug-likeness (QED) is 0.795. The summed E-state index contributed by atoms with van der Waals surface area (Å²) in [4.78, 5) is 16.4. The van der Waals surface area contributed by atoms with Gasteiger partial charge in [-0.1, -0.05) is 11.6 Å². The first-order valence-corrected chi connectivity index (χ1v) is 6.96. The van der Waals surface area contributed by atoms with Crippen molar-refractivity contribution in [1.29, 1.82) is 0 Å². The van der Waals surface area contributed by atoms with Crippen LogP contribution in [0.4, 0.5) is 5.69 Å². The standard InChI is InChI=1S/C12H18ClN5O/c1-16-12(19)11(13)10(6-15-16)18-7-9(8-18)17-4-2-14-3-5-17/h6,9,14H,2-5,7-8H2,1H3. The molecule has 1 aromatic rings. The lowest BCUT2D eigenvalue weighted by molar-refractivity contribution is 0.147. The lowest BCUT2D eigenvalue weighted by Crippen LogP contribution is -2.63. The molecule has 104 valence electrons. The maximum atomic E-state index is 11.7. The van der Waals surface area contributed by atoms with Gasteiger partial charge in [-0.3, -0.25) is 9.69 Å². The molecule has 0 unspecified atom stereocenters. The fourth-order valence-electron chi connectivity index (χ4n) is 2.65. The van der Waals surface area contributed by atoms with Gasteiger partial charge in [-0.25, -0.2) is 4.68 Å². The third-order valence-corrected chi connectivity index (χ3v) is 4.29. The fourth-order valence-corrected chi connectivity index (χ4v) is 2.94. The van der Waals surface area contributed by atoms with Gasteiger partial charge >= 0.3 is 0 Å². The summed E-state index contributed by atoms with van der Waals surface area (Å²) in [5, 5.41) is 7.66. The number of hydrogen-bond acceptors (Lipinski definition) is 5. The summed E-state index contributed by atoms with van der Waals surface area (Å²) in [6.45, 7) is 6.17. The van der Waals surface area contributed by atoms with Crippen molar-refractivity contribution in [1.82, 2.24) is 20.0 Å². The van der Waals surface area contributed by atoms with Crippen molar-refractivity contribution in [3.8, 4) is 0 Å². The van der Waals surface area contributed by atoms with Crippen molar-refractivity contribution in [3.05, 3.63) is 21.6 Å². The van der Waals surface area contributed by atoms with Crippen LogP contribution in [0.15, 0.2) is 11.0 Å². The summed E-state index contributed by atoms with van der Waals surface area (Å²) in [6.07, 6.45) is 1.68. The van der Waals surface area contributed by atoms with Crippen molar-refractivity contribution in [3.63, 3.8) is 0 Å². The second-order valence-electron chi connectivity index (χ2n) is 5.12. The Morgan fingerprint density at radius 2 is 2.05 bits per heavy atom. The molecule has 0 aromatic carbocycles. The third-order valence-electron chi connectivity index (χ3n) is 3.93. The van der Waals surface area contributed by atoms with Gasteiger partial charge in [-0.15, -0.1) is 0 Å². The van der Waals surface area contributed by atoms with E-state index in [4.69, 9.17) is 11.6 Å². The molecule has 0 amide bonds. The van der Waals surface area contributed by atoms with Crippen molar-refractivity contribution in [2.75, 3.05) is 44.2 Å². The molecule has 0 spiro atoms.